The molecule has 2 saturated heterocycles. The van der Waals surface area contributed by atoms with Crippen LogP contribution in [-0.2, 0) is 4.79 Å². The summed E-state index contributed by atoms with van der Waals surface area (Å²) in [5.41, 5.74) is 2.77. The molecule has 3 rings (SSSR count). The van der Waals surface area contributed by atoms with E-state index in [0.717, 1.165) is 38.9 Å². The summed E-state index contributed by atoms with van der Waals surface area (Å²) < 4.78 is 0. The van der Waals surface area contributed by atoms with Gasteiger partial charge < -0.3 is 10.2 Å². The molecular formula is C18H26N2O. The fourth-order valence-electron chi connectivity index (χ4n) is 3.91. The molecule has 0 aromatic heterocycles. The van der Waals surface area contributed by atoms with Crippen molar-refractivity contribution in [3.8, 4) is 0 Å². The summed E-state index contributed by atoms with van der Waals surface area (Å²) in [5, 5.41) is 3.34. The largest absolute Gasteiger partial charge is 0.339 e. The van der Waals surface area contributed by atoms with Crippen LogP contribution in [0.1, 0.15) is 43.2 Å². The minimum atomic E-state index is 0.240. The molecule has 0 spiro atoms. The van der Waals surface area contributed by atoms with Crippen molar-refractivity contribution in [3.63, 3.8) is 0 Å². The maximum atomic E-state index is 12.8. The van der Waals surface area contributed by atoms with E-state index in [4.69, 9.17) is 0 Å². The fraction of sp³-hybridized carbons (Fsp3) is 0.611. The third-order valence-corrected chi connectivity index (χ3v) is 5.17. The zero-order chi connectivity index (χ0) is 14.8. The van der Waals surface area contributed by atoms with Gasteiger partial charge in [-0.25, -0.2) is 0 Å². The topological polar surface area (TPSA) is 32.3 Å². The summed E-state index contributed by atoms with van der Waals surface area (Å²) in [6.07, 6.45) is 3.09. The highest BCUT2D eigenvalue weighted by atomic mass is 16.2. The predicted molar refractivity (Wildman–Crippen MR) is 85.3 cm³/mol. The summed E-state index contributed by atoms with van der Waals surface area (Å²) in [6, 6.07) is 8.99. The minimum absolute atomic E-state index is 0.240. The maximum absolute atomic E-state index is 12.8. The van der Waals surface area contributed by atoms with Crippen molar-refractivity contribution in [1.82, 2.24) is 10.2 Å². The SMILES string of the molecule is Cc1ccccc1[C@@H]1C[C@@H](C)N(C(=O)C2CCNCC2)C1. The molecule has 2 aliphatic heterocycles. The van der Waals surface area contributed by atoms with Crippen LogP contribution in [0.25, 0.3) is 0 Å². The van der Waals surface area contributed by atoms with Gasteiger partial charge in [0.25, 0.3) is 0 Å². The first kappa shape index (κ1) is 14.6. The molecule has 2 aliphatic rings. The number of amides is 1. The van der Waals surface area contributed by atoms with Crippen LogP contribution in [0.15, 0.2) is 24.3 Å². The summed E-state index contributed by atoms with van der Waals surface area (Å²) in [6.45, 7) is 7.25. The van der Waals surface area contributed by atoms with Gasteiger partial charge in [-0.15, -0.1) is 0 Å². The number of hydrogen-bond donors (Lipinski definition) is 1. The second kappa shape index (κ2) is 6.18. The van der Waals surface area contributed by atoms with Crippen LogP contribution in [0.4, 0.5) is 0 Å². The second-order valence-electron chi connectivity index (χ2n) is 6.65. The molecule has 2 fully saturated rings. The number of carbonyl (C=O) groups is 1. The molecule has 0 radical (unpaired) electrons. The predicted octanol–water partition coefficient (Wildman–Crippen LogP) is 2.70. The standard InChI is InChI=1S/C18H26N2O/c1-13-5-3-4-6-17(13)16-11-14(2)20(12-16)18(21)15-7-9-19-10-8-15/h3-6,14-16,19H,7-12H2,1-2H3/t14-,16-/m1/s1. The number of benzene rings is 1. The van der Waals surface area contributed by atoms with Crippen LogP contribution in [0, 0.1) is 12.8 Å². The Morgan fingerprint density at radius 3 is 2.67 bits per heavy atom. The number of piperidine rings is 1. The molecule has 1 N–H and O–H groups in total. The van der Waals surface area contributed by atoms with E-state index < -0.39 is 0 Å². The van der Waals surface area contributed by atoms with E-state index in [1.165, 1.54) is 11.1 Å². The molecule has 0 saturated carbocycles. The molecule has 21 heavy (non-hydrogen) atoms. The molecule has 2 atom stereocenters. The first-order valence-corrected chi connectivity index (χ1v) is 8.23. The van der Waals surface area contributed by atoms with E-state index in [1.54, 1.807) is 0 Å². The lowest BCUT2D eigenvalue weighted by atomic mass is 9.93. The second-order valence-corrected chi connectivity index (χ2v) is 6.65. The van der Waals surface area contributed by atoms with Gasteiger partial charge >= 0.3 is 0 Å². The lowest BCUT2D eigenvalue weighted by Gasteiger charge is -2.29. The van der Waals surface area contributed by atoms with E-state index in [0.29, 0.717) is 17.9 Å². The third kappa shape index (κ3) is 2.98. The fourth-order valence-corrected chi connectivity index (χ4v) is 3.91. The Labute approximate surface area is 127 Å². The van der Waals surface area contributed by atoms with Gasteiger partial charge in [-0.1, -0.05) is 24.3 Å². The molecule has 1 amide bonds. The number of aryl methyl sites for hydroxylation is 1. The quantitative estimate of drug-likeness (QED) is 0.906. The van der Waals surface area contributed by atoms with Gasteiger partial charge in [0.15, 0.2) is 0 Å². The van der Waals surface area contributed by atoms with Crippen molar-refractivity contribution < 1.29 is 4.79 Å². The van der Waals surface area contributed by atoms with Crippen LogP contribution in [-0.4, -0.2) is 36.5 Å². The molecule has 0 bridgehead atoms. The summed E-state index contributed by atoms with van der Waals surface area (Å²) in [4.78, 5) is 14.9. The molecule has 1 aromatic carbocycles. The highest BCUT2D eigenvalue weighted by Crippen LogP contribution is 2.34. The van der Waals surface area contributed by atoms with Gasteiger partial charge in [0.05, 0.1) is 0 Å². The van der Waals surface area contributed by atoms with E-state index in [1.807, 2.05) is 0 Å². The van der Waals surface area contributed by atoms with Gasteiger partial charge in [0.1, 0.15) is 0 Å². The maximum Gasteiger partial charge on any atom is 0.226 e. The molecule has 1 aromatic rings. The van der Waals surface area contributed by atoms with Crippen LogP contribution in [0.3, 0.4) is 0 Å². The van der Waals surface area contributed by atoms with Gasteiger partial charge in [-0.05, 0) is 57.3 Å². The van der Waals surface area contributed by atoms with Gasteiger partial charge in [0, 0.05) is 24.4 Å². The van der Waals surface area contributed by atoms with Gasteiger partial charge in [-0.3, -0.25) is 4.79 Å². The van der Waals surface area contributed by atoms with Gasteiger partial charge in [0.2, 0.25) is 5.91 Å². The lowest BCUT2D eigenvalue weighted by Crippen LogP contribution is -2.42. The summed E-state index contributed by atoms with van der Waals surface area (Å²) >= 11 is 0. The van der Waals surface area contributed by atoms with Crippen LogP contribution in [0.2, 0.25) is 0 Å². The number of nitrogens with one attached hydrogen (secondary N) is 1. The molecule has 3 heteroatoms. The lowest BCUT2D eigenvalue weighted by molar-refractivity contribution is -0.136. The van der Waals surface area contributed by atoms with Crippen molar-refractivity contribution in [3.05, 3.63) is 35.4 Å². The van der Waals surface area contributed by atoms with Crippen molar-refractivity contribution in [2.75, 3.05) is 19.6 Å². The normalized spacial score (nSPS) is 27.0. The highest BCUT2D eigenvalue weighted by Gasteiger charge is 2.36. The summed E-state index contributed by atoms with van der Waals surface area (Å²) in [7, 11) is 0. The van der Waals surface area contributed by atoms with Crippen molar-refractivity contribution in [2.24, 2.45) is 5.92 Å². The van der Waals surface area contributed by atoms with Crippen LogP contribution in [0.5, 0.6) is 0 Å². The monoisotopic (exact) mass is 286 g/mol. The molecular weight excluding hydrogens is 260 g/mol. The zero-order valence-corrected chi connectivity index (χ0v) is 13.1. The first-order chi connectivity index (χ1) is 10.2. The van der Waals surface area contributed by atoms with Crippen molar-refractivity contribution in [2.45, 2.75) is 45.1 Å². The van der Waals surface area contributed by atoms with E-state index >= 15 is 0 Å². The Hall–Kier alpha value is -1.35. The molecule has 0 aliphatic carbocycles. The number of rotatable bonds is 2. The Morgan fingerprint density at radius 1 is 1.24 bits per heavy atom. The Morgan fingerprint density at radius 2 is 1.95 bits per heavy atom. The zero-order valence-electron chi connectivity index (χ0n) is 13.1. The number of nitrogens with zero attached hydrogens (tertiary/aromatic N) is 1. The smallest absolute Gasteiger partial charge is 0.226 e. The van der Waals surface area contributed by atoms with Crippen molar-refractivity contribution in [1.29, 1.82) is 0 Å². The molecule has 3 nitrogen and oxygen atoms in total. The van der Waals surface area contributed by atoms with E-state index in [2.05, 4.69) is 48.3 Å². The average molecular weight is 286 g/mol. The van der Waals surface area contributed by atoms with E-state index in [-0.39, 0.29) is 5.92 Å². The first-order valence-electron chi connectivity index (χ1n) is 8.23. The van der Waals surface area contributed by atoms with Gasteiger partial charge in [-0.2, -0.15) is 0 Å². The van der Waals surface area contributed by atoms with Crippen molar-refractivity contribution >= 4 is 5.91 Å². The number of carbonyl (C=O) groups excluding carboxylic acids is 1. The average Bonchev–Trinajstić information content (AvgIpc) is 2.89. The Bertz CT molecular complexity index is 508. The highest BCUT2D eigenvalue weighted by molar-refractivity contribution is 5.79. The number of hydrogen-bond acceptors (Lipinski definition) is 2. The molecule has 2 heterocycles. The third-order valence-electron chi connectivity index (χ3n) is 5.17. The minimum Gasteiger partial charge on any atom is -0.339 e. The summed E-state index contributed by atoms with van der Waals surface area (Å²) in [5.74, 6) is 1.14. The Balaban J connectivity index is 1.71. The van der Waals surface area contributed by atoms with Crippen LogP contribution < -0.4 is 5.32 Å². The number of likely N-dealkylation sites (tertiary alicyclic amines) is 1. The van der Waals surface area contributed by atoms with Crippen LogP contribution >= 0.6 is 0 Å². The molecule has 114 valence electrons. The Kier molecular flexibility index (Phi) is 4.29. The van der Waals surface area contributed by atoms with E-state index in [9.17, 15) is 4.79 Å². The molecule has 0 unspecified atom stereocenters.